The summed E-state index contributed by atoms with van der Waals surface area (Å²) in [4.78, 5) is 1.31. The first kappa shape index (κ1) is 19.1. The lowest BCUT2D eigenvalue weighted by molar-refractivity contribution is 0.427. The van der Waals surface area contributed by atoms with Gasteiger partial charge in [-0.15, -0.1) is 11.8 Å². The van der Waals surface area contributed by atoms with Crippen LogP contribution >= 0.6 is 11.8 Å². The summed E-state index contributed by atoms with van der Waals surface area (Å²) in [6.45, 7) is 6.22. The third-order valence-corrected chi connectivity index (χ3v) is 8.26. The number of rotatable bonds is 4. The molecule has 0 unspecified atom stereocenters. The molecule has 5 nitrogen and oxygen atoms in total. The molecule has 0 fully saturated rings. The average Bonchev–Trinajstić information content (AvgIpc) is 3.13. The highest BCUT2D eigenvalue weighted by atomic mass is 32.2. The van der Waals surface area contributed by atoms with Crippen molar-refractivity contribution < 1.29 is 12.9 Å². The molecule has 2 heterocycles. The van der Waals surface area contributed by atoms with E-state index in [-0.39, 0.29) is 5.25 Å². The van der Waals surface area contributed by atoms with E-state index in [9.17, 15) is 8.42 Å². The molecule has 0 saturated carbocycles. The molecule has 2 aromatic carbocycles. The molecular formula is C21H22N2O3S2. The van der Waals surface area contributed by atoms with Crippen LogP contribution in [0.4, 0.5) is 5.69 Å². The van der Waals surface area contributed by atoms with Crippen LogP contribution in [0.2, 0.25) is 0 Å². The number of para-hydroxylation sites is 1. The molecule has 0 radical (unpaired) electrons. The predicted molar refractivity (Wildman–Crippen MR) is 112 cm³/mol. The van der Waals surface area contributed by atoms with Gasteiger partial charge >= 0.3 is 0 Å². The summed E-state index contributed by atoms with van der Waals surface area (Å²) in [7, 11) is -3.71. The lowest BCUT2D eigenvalue weighted by atomic mass is 10.1. The van der Waals surface area contributed by atoms with E-state index in [4.69, 9.17) is 4.52 Å². The Morgan fingerprint density at radius 1 is 1.18 bits per heavy atom. The van der Waals surface area contributed by atoms with Gasteiger partial charge in [-0.1, -0.05) is 36.3 Å². The van der Waals surface area contributed by atoms with E-state index in [2.05, 4.69) is 12.1 Å². The van der Waals surface area contributed by atoms with Crippen LogP contribution in [0.1, 0.15) is 24.6 Å². The summed E-state index contributed by atoms with van der Waals surface area (Å²) in [5.41, 5.74) is 2.92. The lowest BCUT2D eigenvalue weighted by Crippen LogP contribution is -2.39. The third-order valence-electron chi connectivity index (χ3n) is 4.92. The molecule has 28 heavy (non-hydrogen) atoms. The van der Waals surface area contributed by atoms with Gasteiger partial charge in [0, 0.05) is 28.3 Å². The fraction of sp³-hybridized carbons (Fsp3) is 0.286. The van der Waals surface area contributed by atoms with E-state index in [1.807, 2.05) is 50.2 Å². The summed E-state index contributed by atoms with van der Waals surface area (Å²) in [6.07, 6.45) is 0.904. The number of aryl methyl sites for hydroxylation is 2. The number of sulfonamides is 1. The summed E-state index contributed by atoms with van der Waals surface area (Å²) < 4.78 is 34.3. The normalized spacial score (nSPS) is 16.8. The molecule has 1 aliphatic heterocycles. The number of hydrogen-bond acceptors (Lipinski definition) is 5. The van der Waals surface area contributed by atoms with Gasteiger partial charge in [0.15, 0.2) is 5.76 Å². The van der Waals surface area contributed by atoms with E-state index < -0.39 is 10.0 Å². The minimum absolute atomic E-state index is 0.227. The van der Waals surface area contributed by atoms with Crippen molar-refractivity contribution in [2.24, 2.45) is 0 Å². The molecule has 1 aliphatic rings. The summed E-state index contributed by atoms with van der Waals surface area (Å²) in [5.74, 6) is 0.565. The van der Waals surface area contributed by atoms with Crippen LogP contribution in [0.3, 0.4) is 0 Å². The molecule has 0 aliphatic carbocycles. The van der Waals surface area contributed by atoms with Gasteiger partial charge in [-0.3, -0.25) is 4.31 Å². The fourth-order valence-corrected chi connectivity index (χ4v) is 6.49. The molecule has 0 N–H and O–H groups in total. The van der Waals surface area contributed by atoms with Gasteiger partial charge in [0.1, 0.15) is 0 Å². The van der Waals surface area contributed by atoms with Crippen molar-refractivity contribution in [1.82, 2.24) is 5.16 Å². The Balaban J connectivity index is 1.82. The lowest BCUT2D eigenvalue weighted by Gasteiger charge is -2.34. The topological polar surface area (TPSA) is 63.4 Å². The van der Waals surface area contributed by atoms with E-state index in [1.54, 1.807) is 28.2 Å². The van der Waals surface area contributed by atoms with E-state index in [0.29, 0.717) is 28.3 Å². The van der Waals surface area contributed by atoms with Crippen molar-refractivity contribution in [3.8, 4) is 11.3 Å². The van der Waals surface area contributed by atoms with Crippen LogP contribution in [0.15, 0.2) is 62.8 Å². The smallest absolute Gasteiger partial charge is 0.264 e. The highest BCUT2D eigenvalue weighted by Crippen LogP contribution is 2.42. The molecule has 0 saturated heterocycles. The van der Waals surface area contributed by atoms with Crippen molar-refractivity contribution in [3.63, 3.8) is 0 Å². The van der Waals surface area contributed by atoms with Gasteiger partial charge in [-0.25, -0.2) is 8.42 Å². The summed E-state index contributed by atoms with van der Waals surface area (Å²) >= 11 is 1.75. The second-order valence-corrected chi connectivity index (χ2v) is 10.1. The van der Waals surface area contributed by atoms with Crippen LogP contribution in [0.25, 0.3) is 11.3 Å². The van der Waals surface area contributed by atoms with Crippen molar-refractivity contribution in [2.75, 3.05) is 10.8 Å². The zero-order valence-electron chi connectivity index (χ0n) is 16.0. The number of hydrogen-bond donors (Lipinski definition) is 0. The maximum Gasteiger partial charge on any atom is 0.264 e. The average molecular weight is 415 g/mol. The molecule has 0 amide bonds. The van der Waals surface area contributed by atoms with Crippen LogP contribution < -0.4 is 4.31 Å². The monoisotopic (exact) mass is 414 g/mol. The fourth-order valence-electron chi connectivity index (χ4n) is 3.35. The molecule has 4 rings (SSSR count). The first-order valence-electron chi connectivity index (χ1n) is 9.23. The predicted octanol–water partition coefficient (Wildman–Crippen LogP) is 5.04. The Morgan fingerprint density at radius 2 is 1.96 bits per heavy atom. The van der Waals surface area contributed by atoms with Gasteiger partial charge in [0.25, 0.3) is 10.0 Å². The molecule has 146 valence electrons. The largest absolute Gasteiger partial charge is 0.356 e. The Labute approximate surface area is 169 Å². The highest BCUT2D eigenvalue weighted by Gasteiger charge is 2.34. The van der Waals surface area contributed by atoms with Crippen LogP contribution in [-0.4, -0.2) is 25.4 Å². The zero-order chi connectivity index (χ0) is 19.9. The first-order valence-corrected chi connectivity index (χ1v) is 11.5. The highest BCUT2D eigenvalue weighted by molar-refractivity contribution is 8.00. The maximum absolute atomic E-state index is 13.7. The Morgan fingerprint density at radius 3 is 2.68 bits per heavy atom. The summed E-state index contributed by atoms with van der Waals surface area (Å²) in [5, 5.41) is 4.14. The Kier molecular flexibility index (Phi) is 4.97. The van der Waals surface area contributed by atoms with Gasteiger partial charge in [-0.05, 0) is 44.0 Å². The van der Waals surface area contributed by atoms with Gasteiger partial charge in [-0.2, -0.15) is 0 Å². The Bertz CT molecular complexity index is 1120. The first-order chi connectivity index (χ1) is 13.4. The molecule has 1 atom stereocenters. The number of fused-ring (bicyclic) bond motifs is 1. The third kappa shape index (κ3) is 3.33. The molecular weight excluding hydrogens is 392 g/mol. The molecule has 7 heteroatoms. The molecule has 3 aromatic rings. The van der Waals surface area contributed by atoms with Crippen molar-refractivity contribution >= 4 is 27.5 Å². The number of nitrogens with zero attached hydrogens (tertiary/aromatic N) is 2. The van der Waals surface area contributed by atoms with E-state index >= 15 is 0 Å². The second-order valence-electron chi connectivity index (χ2n) is 6.96. The molecule has 0 bridgehead atoms. The minimum Gasteiger partial charge on any atom is -0.356 e. The number of benzene rings is 2. The second kappa shape index (κ2) is 7.29. The van der Waals surface area contributed by atoms with Crippen molar-refractivity contribution in [3.05, 3.63) is 59.8 Å². The van der Waals surface area contributed by atoms with E-state index in [0.717, 1.165) is 22.7 Å². The van der Waals surface area contributed by atoms with Gasteiger partial charge < -0.3 is 4.52 Å². The van der Waals surface area contributed by atoms with Gasteiger partial charge in [0.2, 0.25) is 0 Å². The quantitative estimate of drug-likeness (QED) is 0.599. The summed E-state index contributed by atoms with van der Waals surface area (Å²) in [6, 6.07) is 14.9. The van der Waals surface area contributed by atoms with Crippen molar-refractivity contribution in [1.29, 1.82) is 0 Å². The van der Waals surface area contributed by atoms with Crippen LogP contribution in [0, 0.1) is 13.8 Å². The van der Waals surface area contributed by atoms with Crippen molar-refractivity contribution in [2.45, 2.75) is 42.2 Å². The maximum atomic E-state index is 13.7. The van der Waals surface area contributed by atoms with Gasteiger partial charge in [0.05, 0.1) is 16.3 Å². The molecule has 0 spiro atoms. The SMILES string of the molecule is CC[C@@H]1CN(S(=O)(=O)c2cc(-c3cc(C)no3)ccc2C)c2ccccc2S1. The van der Waals surface area contributed by atoms with E-state index in [1.165, 1.54) is 0 Å². The Hall–Kier alpha value is -2.25. The molecule has 1 aromatic heterocycles. The van der Waals surface area contributed by atoms with Crippen LogP contribution in [-0.2, 0) is 10.0 Å². The minimum atomic E-state index is -3.71. The number of thioether (sulfide) groups is 1. The number of anilines is 1. The number of aromatic nitrogens is 1. The van der Waals surface area contributed by atoms with Crippen LogP contribution in [0.5, 0.6) is 0 Å². The zero-order valence-corrected chi connectivity index (χ0v) is 17.7. The standard InChI is InChI=1S/C21H22N2O3S2/c1-4-17-13-23(18-7-5-6-8-20(18)27-17)28(24,25)21-12-16(10-9-14(21)2)19-11-15(3)22-26-19/h5-12,17H,4,13H2,1-3H3/t17-/m1/s1.